The van der Waals surface area contributed by atoms with Crippen molar-refractivity contribution in [2.75, 3.05) is 5.32 Å². The van der Waals surface area contributed by atoms with E-state index in [1.807, 2.05) is 36.8 Å². The number of nitrogens with zero attached hydrogens (tertiary/aromatic N) is 5. The van der Waals surface area contributed by atoms with Gasteiger partial charge in [0.1, 0.15) is 0 Å². The zero-order valence-electron chi connectivity index (χ0n) is 18.6. The van der Waals surface area contributed by atoms with E-state index in [0.717, 1.165) is 39.0 Å². The molecule has 6 aromatic rings. The number of fused-ring (bicyclic) bond motifs is 2. The second-order valence-electron chi connectivity index (χ2n) is 8.29. The lowest BCUT2D eigenvalue weighted by Crippen LogP contribution is -2.13. The lowest BCUT2D eigenvalue weighted by molar-refractivity contribution is 0.923. The fourth-order valence-corrected chi connectivity index (χ4v) is 4.44. The molecule has 1 unspecified atom stereocenters. The van der Waals surface area contributed by atoms with Gasteiger partial charge >= 0.3 is 0 Å². The normalized spacial score (nSPS) is 12.1. The summed E-state index contributed by atoms with van der Waals surface area (Å²) in [6, 6.07) is 20.8. The largest absolute Gasteiger partial charge is 0.374 e. The predicted octanol–water partition coefficient (Wildman–Crippen LogP) is 5.78. The van der Waals surface area contributed by atoms with Gasteiger partial charge in [0.05, 0.1) is 17.1 Å². The summed E-state index contributed by atoms with van der Waals surface area (Å²) in [4.78, 5) is 17.8. The van der Waals surface area contributed by atoms with Gasteiger partial charge in [-0.2, -0.15) is 0 Å². The van der Waals surface area contributed by atoms with E-state index in [9.17, 15) is 0 Å². The highest BCUT2D eigenvalue weighted by Crippen LogP contribution is 2.34. The minimum Gasteiger partial charge on any atom is -0.374 e. The molecule has 6 rings (SSSR count). The number of benzene rings is 2. The number of aryl methyl sites for hydroxylation is 1. The smallest absolute Gasteiger partial charge is 0.0966 e. The van der Waals surface area contributed by atoms with E-state index in [1.165, 1.54) is 10.9 Å². The third-order valence-corrected chi connectivity index (χ3v) is 6.14. The number of nitrogens with one attached hydrogen (secondary N) is 1. The standard InChI is InChI=1S/C28H22N6/c1-34-14-8-19-4-5-21(15-26(19)34)24-16-23(17-25-28(24)32-13-12-31-25)33-27(20-6-10-29-11-7-20)22-3-2-9-30-18-22/h2-18,27,33H,1H3. The first-order chi connectivity index (χ1) is 16.8. The molecule has 0 aliphatic heterocycles. The van der Waals surface area contributed by atoms with Crippen LogP contribution in [0, 0.1) is 0 Å². The summed E-state index contributed by atoms with van der Waals surface area (Å²) in [5, 5.41) is 4.93. The highest BCUT2D eigenvalue weighted by molar-refractivity contribution is 5.97. The van der Waals surface area contributed by atoms with Gasteiger partial charge in [-0.05, 0) is 64.5 Å². The molecule has 0 aliphatic carbocycles. The van der Waals surface area contributed by atoms with Crippen LogP contribution in [0.5, 0.6) is 0 Å². The summed E-state index contributed by atoms with van der Waals surface area (Å²) in [6.07, 6.45) is 12.9. The molecule has 4 heterocycles. The van der Waals surface area contributed by atoms with Gasteiger partial charge in [-0.15, -0.1) is 0 Å². The lowest BCUT2D eigenvalue weighted by Gasteiger charge is -2.21. The van der Waals surface area contributed by atoms with Gasteiger partial charge in [0, 0.05) is 67.2 Å². The first-order valence-corrected chi connectivity index (χ1v) is 11.1. The second kappa shape index (κ2) is 8.41. The predicted molar refractivity (Wildman–Crippen MR) is 135 cm³/mol. The minimum absolute atomic E-state index is 0.0889. The Bertz CT molecular complexity index is 1550. The van der Waals surface area contributed by atoms with Crippen molar-refractivity contribution in [1.82, 2.24) is 24.5 Å². The van der Waals surface area contributed by atoms with Gasteiger partial charge in [0.25, 0.3) is 0 Å². The summed E-state index contributed by atoms with van der Waals surface area (Å²) < 4.78 is 2.14. The molecular weight excluding hydrogens is 420 g/mol. The van der Waals surface area contributed by atoms with Crippen LogP contribution in [0.4, 0.5) is 5.69 Å². The van der Waals surface area contributed by atoms with Gasteiger partial charge in [-0.3, -0.25) is 19.9 Å². The van der Waals surface area contributed by atoms with Crippen molar-refractivity contribution in [3.05, 3.63) is 115 Å². The average Bonchev–Trinajstić information content (AvgIpc) is 3.27. The summed E-state index contributed by atoms with van der Waals surface area (Å²) in [5.41, 5.74) is 8.17. The second-order valence-corrected chi connectivity index (χ2v) is 8.29. The van der Waals surface area contributed by atoms with Crippen LogP contribution in [-0.4, -0.2) is 24.5 Å². The maximum atomic E-state index is 4.67. The first kappa shape index (κ1) is 20.1. The number of hydrogen-bond donors (Lipinski definition) is 1. The molecule has 6 heteroatoms. The van der Waals surface area contributed by atoms with E-state index in [-0.39, 0.29) is 6.04 Å². The Morgan fingerprint density at radius 2 is 1.68 bits per heavy atom. The first-order valence-electron chi connectivity index (χ1n) is 11.1. The molecule has 1 N–H and O–H groups in total. The summed E-state index contributed by atoms with van der Waals surface area (Å²) in [7, 11) is 2.06. The van der Waals surface area contributed by atoms with Crippen molar-refractivity contribution in [1.29, 1.82) is 0 Å². The minimum atomic E-state index is -0.0889. The molecule has 0 amide bonds. The Labute approximate surface area is 197 Å². The zero-order valence-corrected chi connectivity index (χ0v) is 18.6. The Morgan fingerprint density at radius 3 is 2.53 bits per heavy atom. The maximum absolute atomic E-state index is 4.67. The van der Waals surface area contributed by atoms with Crippen LogP contribution >= 0.6 is 0 Å². The summed E-state index contributed by atoms with van der Waals surface area (Å²) in [6.45, 7) is 0. The molecule has 1 atom stereocenters. The molecule has 0 radical (unpaired) electrons. The van der Waals surface area contributed by atoms with Gasteiger partial charge < -0.3 is 9.88 Å². The van der Waals surface area contributed by atoms with Crippen molar-refractivity contribution >= 4 is 27.6 Å². The maximum Gasteiger partial charge on any atom is 0.0966 e. The number of aromatic nitrogens is 5. The molecule has 164 valence electrons. The number of pyridine rings is 2. The highest BCUT2D eigenvalue weighted by Gasteiger charge is 2.17. The van der Waals surface area contributed by atoms with Crippen LogP contribution in [-0.2, 0) is 7.05 Å². The van der Waals surface area contributed by atoms with Gasteiger partial charge in [-0.25, -0.2) is 0 Å². The van der Waals surface area contributed by atoms with Crippen LogP contribution in [0.2, 0.25) is 0 Å². The van der Waals surface area contributed by atoms with E-state index < -0.39 is 0 Å². The number of hydrogen-bond acceptors (Lipinski definition) is 5. The molecule has 0 aliphatic rings. The van der Waals surface area contributed by atoms with Crippen molar-refractivity contribution < 1.29 is 0 Å². The number of anilines is 1. The summed E-state index contributed by atoms with van der Waals surface area (Å²) in [5.74, 6) is 0. The van der Waals surface area contributed by atoms with Crippen LogP contribution in [0.3, 0.4) is 0 Å². The van der Waals surface area contributed by atoms with E-state index in [0.29, 0.717) is 0 Å². The average molecular weight is 443 g/mol. The fraction of sp³-hybridized carbons (Fsp3) is 0.0714. The molecule has 2 aromatic carbocycles. The molecule has 0 saturated heterocycles. The molecule has 6 nitrogen and oxygen atoms in total. The van der Waals surface area contributed by atoms with Crippen molar-refractivity contribution in [3.63, 3.8) is 0 Å². The van der Waals surface area contributed by atoms with Crippen LogP contribution < -0.4 is 5.32 Å². The Hall–Kier alpha value is -4.58. The Balaban J connectivity index is 1.50. The molecule has 0 bridgehead atoms. The lowest BCUT2D eigenvalue weighted by atomic mass is 9.99. The Morgan fingerprint density at radius 1 is 0.794 bits per heavy atom. The van der Waals surface area contributed by atoms with Gasteiger partial charge in [0.2, 0.25) is 0 Å². The van der Waals surface area contributed by atoms with Gasteiger partial charge in [0.15, 0.2) is 0 Å². The Kier molecular flexibility index (Phi) is 4.96. The van der Waals surface area contributed by atoms with Gasteiger partial charge in [-0.1, -0.05) is 18.2 Å². The monoisotopic (exact) mass is 442 g/mol. The molecule has 0 fully saturated rings. The van der Waals surface area contributed by atoms with E-state index >= 15 is 0 Å². The van der Waals surface area contributed by atoms with Crippen molar-refractivity contribution in [3.8, 4) is 11.1 Å². The quantitative estimate of drug-likeness (QED) is 0.367. The fourth-order valence-electron chi connectivity index (χ4n) is 4.44. The van der Waals surface area contributed by atoms with E-state index in [2.05, 4.69) is 85.5 Å². The molecule has 34 heavy (non-hydrogen) atoms. The number of rotatable bonds is 5. The molecule has 0 spiro atoms. The SMILES string of the molecule is Cn1ccc2ccc(-c3cc(NC(c4ccncc4)c4cccnc4)cc4nccnc34)cc21. The topological polar surface area (TPSA) is 68.5 Å². The summed E-state index contributed by atoms with van der Waals surface area (Å²) >= 11 is 0. The highest BCUT2D eigenvalue weighted by atomic mass is 14.9. The third-order valence-electron chi connectivity index (χ3n) is 6.14. The zero-order chi connectivity index (χ0) is 22.9. The molecule has 4 aromatic heterocycles. The molecule has 0 saturated carbocycles. The van der Waals surface area contributed by atoms with Crippen molar-refractivity contribution in [2.45, 2.75) is 6.04 Å². The molecular formula is C28H22N6. The van der Waals surface area contributed by atoms with Crippen LogP contribution in [0.1, 0.15) is 17.2 Å². The van der Waals surface area contributed by atoms with E-state index in [4.69, 9.17) is 0 Å². The van der Waals surface area contributed by atoms with Crippen molar-refractivity contribution in [2.24, 2.45) is 7.05 Å². The van der Waals surface area contributed by atoms with Crippen LogP contribution in [0.15, 0.2) is 104 Å². The third kappa shape index (κ3) is 3.65. The van der Waals surface area contributed by atoms with Crippen LogP contribution in [0.25, 0.3) is 33.1 Å². The van der Waals surface area contributed by atoms with E-state index in [1.54, 1.807) is 18.6 Å².